The van der Waals surface area contributed by atoms with Crippen LogP contribution in [0.15, 0.2) is 0 Å². The molecule has 0 aliphatic heterocycles. The van der Waals surface area contributed by atoms with Crippen molar-refractivity contribution < 1.29 is 111 Å². The SMILES string of the molecule is O=C([O-])C(F)(F)C(F)(F)C(F)(F)C(F)(F)C(F)(F)C(F)(F)C(F)(F)C(F)(F)C(F)(F)C(F)(F)C(F)(F)F. The second-order valence-corrected chi connectivity index (χ2v) is 6.53. The molecule has 0 aromatic rings. The van der Waals surface area contributed by atoms with E-state index in [0.29, 0.717) is 0 Å². The zero-order chi connectivity index (χ0) is 31.1. The predicted molar refractivity (Wildman–Crippen MR) is 60.5 cm³/mol. The van der Waals surface area contributed by atoms with E-state index in [2.05, 4.69) is 0 Å². The molecule has 0 aliphatic rings. The Balaban J connectivity index is 7.25. The lowest BCUT2D eigenvalue weighted by Gasteiger charge is -2.45. The summed E-state index contributed by atoms with van der Waals surface area (Å²) in [5, 5.41) is 9.74. The summed E-state index contributed by atoms with van der Waals surface area (Å²) in [6.07, 6.45) is -8.14. The molecule has 37 heavy (non-hydrogen) atoms. The Kier molecular flexibility index (Phi) is 7.71. The van der Waals surface area contributed by atoms with E-state index in [0.717, 1.165) is 0 Å². The van der Waals surface area contributed by atoms with Gasteiger partial charge in [0.25, 0.3) is 0 Å². The highest BCUT2D eigenvalue weighted by Gasteiger charge is 2.98. The first kappa shape index (κ1) is 34.9. The number of rotatable bonds is 10. The molecule has 0 aliphatic carbocycles. The van der Waals surface area contributed by atoms with Gasteiger partial charge >= 0.3 is 65.4 Å². The lowest BCUT2D eigenvalue weighted by atomic mass is 9.85. The molecule has 0 bridgehead atoms. The normalized spacial score (nSPS) is 16.7. The van der Waals surface area contributed by atoms with Crippen LogP contribution >= 0.6 is 0 Å². The summed E-state index contributed by atoms with van der Waals surface area (Å²) in [6.45, 7) is 0. The second kappa shape index (κ2) is 8.18. The van der Waals surface area contributed by atoms with Crippen LogP contribution < -0.4 is 5.11 Å². The van der Waals surface area contributed by atoms with Crippen molar-refractivity contribution in [1.82, 2.24) is 0 Å². The maximum Gasteiger partial charge on any atom is 0.460 e. The summed E-state index contributed by atoms with van der Waals surface area (Å²) in [7, 11) is 0. The molecule has 0 spiro atoms. The van der Waals surface area contributed by atoms with E-state index in [1.54, 1.807) is 0 Å². The molecule has 0 saturated heterocycles. The maximum atomic E-state index is 13.3. The van der Waals surface area contributed by atoms with Crippen LogP contribution in [0.3, 0.4) is 0 Å². The van der Waals surface area contributed by atoms with Crippen LogP contribution in [0.25, 0.3) is 0 Å². The Bertz CT molecular complexity index is 879. The standard InChI is InChI=1S/C12HF23O2/c13-2(14,1(36)37)3(15,16)4(17,18)5(19,20)6(21,22)7(23,24)8(25,26)9(27,28)10(29,30)11(31,32)12(33,34)35/h(H,36,37)/p-1. The fourth-order valence-electron chi connectivity index (χ4n) is 1.88. The van der Waals surface area contributed by atoms with Gasteiger partial charge in [-0.2, -0.15) is 101 Å². The van der Waals surface area contributed by atoms with Crippen molar-refractivity contribution in [2.75, 3.05) is 0 Å². The molecule has 0 saturated carbocycles. The number of halogens is 23. The average molecular weight is 613 g/mol. The largest absolute Gasteiger partial charge is 0.544 e. The molecule has 0 rings (SSSR count). The Morgan fingerprint density at radius 2 is 0.486 bits per heavy atom. The van der Waals surface area contributed by atoms with Gasteiger partial charge in [0.2, 0.25) is 0 Å². The van der Waals surface area contributed by atoms with Gasteiger partial charge in [-0.3, -0.25) is 0 Å². The summed E-state index contributed by atoms with van der Waals surface area (Å²) < 4.78 is 297. The van der Waals surface area contributed by atoms with Crippen molar-refractivity contribution in [2.24, 2.45) is 0 Å². The fourth-order valence-corrected chi connectivity index (χ4v) is 1.88. The monoisotopic (exact) mass is 613 g/mol. The summed E-state index contributed by atoms with van der Waals surface area (Å²) in [5.74, 6) is -95.1. The third kappa shape index (κ3) is 3.90. The zero-order valence-corrected chi connectivity index (χ0v) is 15.5. The molecule has 0 unspecified atom stereocenters. The van der Waals surface area contributed by atoms with E-state index in [-0.39, 0.29) is 0 Å². The molecule has 0 heterocycles. The molecule has 0 N–H and O–H groups in total. The minimum Gasteiger partial charge on any atom is -0.544 e. The molecule has 0 fully saturated rings. The molecular weight excluding hydrogens is 613 g/mol. The molecule has 2 nitrogen and oxygen atoms in total. The van der Waals surface area contributed by atoms with E-state index < -0.39 is 71.4 Å². The van der Waals surface area contributed by atoms with E-state index in [1.807, 2.05) is 0 Å². The molecule has 0 amide bonds. The van der Waals surface area contributed by atoms with Crippen LogP contribution in [0.2, 0.25) is 0 Å². The first-order chi connectivity index (χ1) is 15.4. The van der Waals surface area contributed by atoms with E-state index in [1.165, 1.54) is 0 Å². The van der Waals surface area contributed by atoms with Crippen molar-refractivity contribution >= 4 is 5.97 Å². The van der Waals surface area contributed by atoms with Crippen molar-refractivity contribution in [3.63, 3.8) is 0 Å². The molecule has 0 aromatic carbocycles. The Hall–Kier alpha value is -2.14. The molecule has 25 heteroatoms. The van der Waals surface area contributed by atoms with Gasteiger partial charge in [0.1, 0.15) is 5.97 Å². The predicted octanol–water partition coefficient (Wildman–Crippen LogP) is 5.65. The lowest BCUT2D eigenvalue weighted by Crippen LogP contribution is -2.78. The number of carboxylic acids is 1. The van der Waals surface area contributed by atoms with Gasteiger partial charge in [0.15, 0.2) is 0 Å². The Morgan fingerprint density at radius 1 is 0.324 bits per heavy atom. The maximum absolute atomic E-state index is 13.3. The van der Waals surface area contributed by atoms with Gasteiger partial charge in [-0.25, -0.2) is 0 Å². The minimum absolute atomic E-state index is 4.87. The molecular formula is C12F23O2-. The summed E-state index contributed by atoms with van der Waals surface area (Å²) in [4.78, 5) is 9.74. The van der Waals surface area contributed by atoms with Gasteiger partial charge in [-0.05, 0) is 0 Å². The smallest absolute Gasteiger partial charge is 0.460 e. The van der Waals surface area contributed by atoms with Gasteiger partial charge in [0.05, 0.1) is 0 Å². The van der Waals surface area contributed by atoms with Crippen LogP contribution in [0.5, 0.6) is 0 Å². The Labute approximate surface area is 184 Å². The highest BCUT2D eigenvalue weighted by Crippen LogP contribution is 2.66. The topological polar surface area (TPSA) is 40.1 Å². The minimum atomic E-state index is -9.52. The van der Waals surface area contributed by atoms with Gasteiger partial charge in [-0.15, -0.1) is 0 Å². The molecule has 0 radical (unpaired) electrons. The highest BCUT2D eigenvalue weighted by molar-refractivity contribution is 5.75. The highest BCUT2D eigenvalue weighted by atomic mass is 19.4. The Morgan fingerprint density at radius 3 is 0.649 bits per heavy atom. The van der Waals surface area contributed by atoms with E-state index >= 15 is 0 Å². The van der Waals surface area contributed by atoms with Gasteiger partial charge in [-0.1, -0.05) is 0 Å². The summed E-state index contributed by atoms with van der Waals surface area (Å²) in [6, 6.07) is 0. The van der Waals surface area contributed by atoms with Gasteiger partial charge < -0.3 is 9.90 Å². The number of carboxylic acid groups (broad SMARTS) is 1. The number of aliphatic carboxylic acids is 1. The van der Waals surface area contributed by atoms with Crippen molar-refractivity contribution in [1.29, 1.82) is 0 Å². The summed E-state index contributed by atoms with van der Waals surface area (Å²) in [5.41, 5.74) is 0. The molecule has 222 valence electrons. The molecule has 0 atom stereocenters. The quantitative estimate of drug-likeness (QED) is 0.299. The number of hydrogen-bond donors (Lipinski definition) is 0. The van der Waals surface area contributed by atoms with E-state index in [9.17, 15) is 111 Å². The number of hydrogen-bond acceptors (Lipinski definition) is 2. The van der Waals surface area contributed by atoms with Crippen LogP contribution in [-0.4, -0.2) is 71.4 Å². The number of alkyl halides is 23. The fraction of sp³-hybridized carbons (Fsp3) is 0.917. The van der Waals surface area contributed by atoms with Crippen LogP contribution in [0.1, 0.15) is 0 Å². The van der Waals surface area contributed by atoms with Gasteiger partial charge in [0, 0.05) is 0 Å². The zero-order valence-electron chi connectivity index (χ0n) is 15.5. The first-order valence-electron chi connectivity index (χ1n) is 7.50. The number of carbonyl (C=O) groups excluding carboxylic acids is 1. The van der Waals surface area contributed by atoms with E-state index in [4.69, 9.17) is 0 Å². The van der Waals surface area contributed by atoms with Crippen LogP contribution in [0.4, 0.5) is 101 Å². The third-order valence-corrected chi connectivity index (χ3v) is 4.16. The average Bonchev–Trinajstić information content (AvgIpc) is 2.65. The lowest BCUT2D eigenvalue weighted by molar-refractivity contribution is -0.479. The van der Waals surface area contributed by atoms with Crippen LogP contribution in [0, 0.1) is 0 Å². The van der Waals surface area contributed by atoms with Crippen molar-refractivity contribution in [3.8, 4) is 0 Å². The number of carbonyl (C=O) groups is 1. The van der Waals surface area contributed by atoms with Crippen LogP contribution in [-0.2, 0) is 4.79 Å². The summed E-state index contributed by atoms with van der Waals surface area (Å²) >= 11 is 0. The second-order valence-electron chi connectivity index (χ2n) is 6.53. The molecule has 0 aromatic heterocycles. The first-order valence-corrected chi connectivity index (χ1v) is 7.50. The third-order valence-electron chi connectivity index (χ3n) is 4.16. The van der Waals surface area contributed by atoms with Crippen molar-refractivity contribution in [3.05, 3.63) is 0 Å². The van der Waals surface area contributed by atoms with Crippen molar-refractivity contribution in [2.45, 2.75) is 65.4 Å².